The van der Waals surface area contributed by atoms with Gasteiger partial charge in [-0.3, -0.25) is 4.90 Å². The number of carbonyl (C=O) groups excluding carboxylic acids is 1. The summed E-state index contributed by atoms with van der Waals surface area (Å²) in [6.45, 7) is 5.57. The SMILES string of the molecule is CCCCOC(=O)N1CCCCC1(C)c1ccccc1. The Hall–Kier alpha value is -1.51. The van der Waals surface area contributed by atoms with E-state index in [0.717, 1.165) is 38.6 Å². The molecule has 1 unspecified atom stereocenters. The van der Waals surface area contributed by atoms with E-state index in [1.807, 2.05) is 23.1 Å². The average molecular weight is 275 g/mol. The lowest BCUT2D eigenvalue weighted by atomic mass is 9.82. The quantitative estimate of drug-likeness (QED) is 0.766. The topological polar surface area (TPSA) is 29.5 Å². The van der Waals surface area contributed by atoms with E-state index in [1.165, 1.54) is 5.56 Å². The van der Waals surface area contributed by atoms with E-state index in [1.54, 1.807) is 0 Å². The highest BCUT2D eigenvalue weighted by molar-refractivity contribution is 5.69. The molecule has 110 valence electrons. The van der Waals surface area contributed by atoms with Crippen molar-refractivity contribution in [2.45, 2.75) is 51.5 Å². The third-order valence-corrected chi connectivity index (χ3v) is 4.23. The summed E-state index contributed by atoms with van der Waals surface area (Å²) in [7, 11) is 0. The molecule has 3 nitrogen and oxygen atoms in total. The number of piperidine rings is 1. The number of ether oxygens (including phenoxy) is 1. The summed E-state index contributed by atoms with van der Waals surface area (Å²) < 4.78 is 5.43. The lowest BCUT2D eigenvalue weighted by Crippen LogP contribution is -2.50. The van der Waals surface area contributed by atoms with Crippen LogP contribution in [0.2, 0.25) is 0 Å². The van der Waals surface area contributed by atoms with Gasteiger partial charge in [-0.25, -0.2) is 4.79 Å². The molecule has 0 spiro atoms. The Morgan fingerprint density at radius 1 is 1.30 bits per heavy atom. The Bertz CT molecular complexity index is 432. The van der Waals surface area contributed by atoms with Crippen molar-refractivity contribution in [2.75, 3.05) is 13.2 Å². The second kappa shape index (κ2) is 6.78. The number of benzene rings is 1. The number of carbonyl (C=O) groups is 1. The van der Waals surface area contributed by atoms with Crippen molar-refractivity contribution in [3.05, 3.63) is 35.9 Å². The third-order valence-electron chi connectivity index (χ3n) is 4.23. The molecule has 0 aromatic heterocycles. The highest BCUT2D eigenvalue weighted by Crippen LogP contribution is 2.37. The summed E-state index contributed by atoms with van der Waals surface area (Å²) in [5.41, 5.74) is 0.968. The third kappa shape index (κ3) is 3.14. The van der Waals surface area contributed by atoms with Crippen molar-refractivity contribution >= 4 is 6.09 Å². The largest absolute Gasteiger partial charge is 0.449 e. The lowest BCUT2D eigenvalue weighted by molar-refractivity contribution is 0.0328. The van der Waals surface area contributed by atoms with Gasteiger partial charge >= 0.3 is 6.09 Å². The number of unbranched alkanes of at least 4 members (excludes halogenated alkanes) is 1. The van der Waals surface area contributed by atoms with Gasteiger partial charge in [0, 0.05) is 6.54 Å². The van der Waals surface area contributed by atoms with Crippen LogP contribution in [0, 0.1) is 0 Å². The number of nitrogens with zero attached hydrogens (tertiary/aromatic N) is 1. The van der Waals surface area contributed by atoms with E-state index in [2.05, 4.69) is 26.0 Å². The van der Waals surface area contributed by atoms with Crippen LogP contribution in [0.3, 0.4) is 0 Å². The predicted octanol–water partition coefficient (Wildman–Crippen LogP) is 4.32. The van der Waals surface area contributed by atoms with Crippen molar-refractivity contribution in [3.8, 4) is 0 Å². The van der Waals surface area contributed by atoms with E-state index in [-0.39, 0.29) is 11.6 Å². The molecule has 0 bridgehead atoms. The van der Waals surface area contributed by atoms with E-state index in [9.17, 15) is 4.79 Å². The first-order chi connectivity index (χ1) is 9.68. The van der Waals surface area contributed by atoms with Crippen LogP contribution in [-0.4, -0.2) is 24.1 Å². The van der Waals surface area contributed by atoms with Gasteiger partial charge in [0.25, 0.3) is 0 Å². The molecule has 1 aliphatic heterocycles. The lowest BCUT2D eigenvalue weighted by Gasteiger charge is -2.44. The maximum atomic E-state index is 12.4. The summed E-state index contributed by atoms with van der Waals surface area (Å²) in [4.78, 5) is 14.3. The molecular weight excluding hydrogens is 250 g/mol. The van der Waals surface area contributed by atoms with Crippen LogP contribution in [0.5, 0.6) is 0 Å². The fourth-order valence-corrected chi connectivity index (χ4v) is 2.89. The molecule has 1 aliphatic rings. The predicted molar refractivity (Wildman–Crippen MR) is 80.6 cm³/mol. The molecule has 0 aliphatic carbocycles. The highest BCUT2D eigenvalue weighted by Gasteiger charge is 2.39. The zero-order valence-corrected chi connectivity index (χ0v) is 12.6. The molecule has 0 radical (unpaired) electrons. The fourth-order valence-electron chi connectivity index (χ4n) is 2.89. The summed E-state index contributed by atoms with van der Waals surface area (Å²) >= 11 is 0. The normalized spacial score (nSPS) is 22.6. The first-order valence-corrected chi connectivity index (χ1v) is 7.68. The average Bonchev–Trinajstić information content (AvgIpc) is 2.49. The minimum absolute atomic E-state index is 0.162. The molecule has 1 aromatic rings. The standard InChI is InChI=1S/C17H25NO2/c1-3-4-14-20-16(19)18-13-9-8-12-17(18,2)15-10-6-5-7-11-15/h5-7,10-11H,3-4,8-9,12-14H2,1-2H3. The van der Waals surface area contributed by atoms with Crippen LogP contribution in [0.1, 0.15) is 51.5 Å². The minimum atomic E-state index is -0.233. The fraction of sp³-hybridized carbons (Fsp3) is 0.588. The second-order valence-corrected chi connectivity index (χ2v) is 5.72. The van der Waals surface area contributed by atoms with Gasteiger partial charge in [-0.1, -0.05) is 43.7 Å². The van der Waals surface area contributed by atoms with E-state index < -0.39 is 0 Å². The number of hydrogen-bond acceptors (Lipinski definition) is 2. The zero-order valence-electron chi connectivity index (χ0n) is 12.6. The maximum absolute atomic E-state index is 12.4. The number of rotatable bonds is 4. The Balaban J connectivity index is 2.14. The van der Waals surface area contributed by atoms with Crippen molar-refractivity contribution in [2.24, 2.45) is 0 Å². The van der Waals surface area contributed by atoms with Crippen molar-refractivity contribution in [1.29, 1.82) is 0 Å². The first-order valence-electron chi connectivity index (χ1n) is 7.68. The minimum Gasteiger partial charge on any atom is -0.449 e. The van der Waals surface area contributed by atoms with Gasteiger partial charge in [0.05, 0.1) is 12.1 Å². The molecule has 2 rings (SSSR count). The maximum Gasteiger partial charge on any atom is 0.410 e. The highest BCUT2D eigenvalue weighted by atomic mass is 16.6. The van der Waals surface area contributed by atoms with Crippen LogP contribution < -0.4 is 0 Å². The van der Waals surface area contributed by atoms with Gasteiger partial charge in [0.2, 0.25) is 0 Å². The number of likely N-dealkylation sites (tertiary alicyclic amines) is 1. The zero-order chi connectivity index (χ0) is 14.4. The van der Waals surface area contributed by atoms with E-state index in [4.69, 9.17) is 4.74 Å². The van der Waals surface area contributed by atoms with Crippen LogP contribution in [0.15, 0.2) is 30.3 Å². The summed E-state index contributed by atoms with van der Waals surface area (Å²) in [6.07, 6.45) is 5.03. The molecule has 1 fully saturated rings. The molecule has 0 N–H and O–H groups in total. The van der Waals surface area contributed by atoms with Gasteiger partial charge in [0.15, 0.2) is 0 Å². The Labute approximate surface area is 121 Å². The van der Waals surface area contributed by atoms with Crippen molar-refractivity contribution in [3.63, 3.8) is 0 Å². The van der Waals surface area contributed by atoms with E-state index in [0.29, 0.717) is 6.61 Å². The van der Waals surface area contributed by atoms with Crippen LogP contribution in [0.4, 0.5) is 4.79 Å². The molecule has 1 amide bonds. The van der Waals surface area contributed by atoms with Gasteiger partial charge in [0.1, 0.15) is 0 Å². The van der Waals surface area contributed by atoms with Crippen molar-refractivity contribution < 1.29 is 9.53 Å². The summed E-state index contributed by atoms with van der Waals surface area (Å²) in [5, 5.41) is 0. The monoisotopic (exact) mass is 275 g/mol. The number of hydrogen-bond donors (Lipinski definition) is 0. The molecule has 1 heterocycles. The first kappa shape index (κ1) is 14.9. The van der Waals surface area contributed by atoms with Gasteiger partial charge in [-0.2, -0.15) is 0 Å². The summed E-state index contributed by atoms with van der Waals surface area (Å²) in [5.74, 6) is 0. The molecule has 1 aromatic carbocycles. The second-order valence-electron chi connectivity index (χ2n) is 5.72. The molecule has 1 saturated heterocycles. The Morgan fingerprint density at radius 3 is 2.75 bits per heavy atom. The molecule has 20 heavy (non-hydrogen) atoms. The Morgan fingerprint density at radius 2 is 2.05 bits per heavy atom. The molecule has 1 atom stereocenters. The van der Waals surface area contributed by atoms with Gasteiger partial charge < -0.3 is 4.74 Å². The van der Waals surface area contributed by atoms with Crippen molar-refractivity contribution in [1.82, 2.24) is 4.90 Å². The van der Waals surface area contributed by atoms with E-state index >= 15 is 0 Å². The molecular formula is C17H25NO2. The van der Waals surface area contributed by atoms with Crippen LogP contribution in [-0.2, 0) is 10.3 Å². The molecule has 3 heteroatoms. The van der Waals surface area contributed by atoms with Gasteiger partial charge in [-0.05, 0) is 38.2 Å². The van der Waals surface area contributed by atoms with Crippen LogP contribution >= 0.6 is 0 Å². The summed E-state index contributed by atoms with van der Waals surface area (Å²) in [6, 6.07) is 10.3. The smallest absolute Gasteiger partial charge is 0.410 e. The number of amides is 1. The van der Waals surface area contributed by atoms with Gasteiger partial charge in [-0.15, -0.1) is 0 Å². The Kier molecular flexibility index (Phi) is 5.05. The van der Waals surface area contributed by atoms with Crippen LogP contribution in [0.25, 0.3) is 0 Å². The molecule has 0 saturated carbocycles.